The lowest BCUT2D eigenvalue weighted by Gasteiger charge is -2.18. The van der Waals surface area contributed by atoms with Gasteiger partial charge in [0.05, 0.1) is 24.2 Å². The molecule has 0 radical (unpaired) electrons. The Labute approximate surface area is 195 Å². The summed E-state index contributed by atoms with van der Waals surface area (Å²) < 4.78 is 8.26. The van der Waals surface area contributed by atoms with E-state index in [0.29, 0.717) is 22.8 Å². The second-order valence-electron chi connectivity index (χ2n) is 7.38. The number of rotatable bonds is 5. The molecule has 1 N–H and O–H groups in total. The van der Waals surface area contributed by atoms with Gasteiger partial charge in [0.2, 0.25) is 11.6 Å². The Bertz CT molecular complexity index is 1490. The highest BCUT2D eigenvalue weighted by Gasteiger charge is 2.21. The number of hydrogen-bond acceptors (Lipinski definition) is 6. The lowest BCUT2D eigenvalue weighted by molar-refractivity contribution is 0.410. The van der Waals surface area contributed by atoms with E-state index in [1.54, 1.807) is 30.3 Å². The van der Waals surface area contributed by atoms with E-state index in [9.17, 15) is 9.90 Å². The Morgan fingerprint density at radius 1 is 0.818 bits per heavy atom. The molecule has 0 spiro atoms. The van der Waals surface area contributed by atoms with Crippen molar-refractivity contribution >= 4 is 23.6 Å². The molecule has 166 valence electrons. The molecule has 0 unspecified atom stereocenters. The van der Waals surface area contributed by atoms with Crippen molar-refractivity contribution in [1.29, 1.82) is 0 Å². The lowest BCUT2D eigenvalue weighted by atomic mass is 10.2. The fourth-order valence-electron chi connectivity index (χ4n) is 3.51. The highest BCUT2D eigenvalue weighted by atomic mass is 32.1. The minimum absolute atomic E-state index is 0.0751. The number of nitrogens with zero attached hydrogens (tertiary/aromatic N) is 4. The maximum Gasteiger partial charge on any atom is 0.290 e. The summed E-state index contributed by atoms with van der Waals surface area (Å²) in [6.07, 6.45) is 0. The number of azo groups is 1. The van der Waals surface area contributed by atoms with Crippen molar-refractivity contribution < 1.29 is 9.84 Å². The van der Waals surface area contributed by atoms with Crippen molar-refractivity contribution in [3.63, 3.8) is 0 Å². The van der Waals surface area contributed by atoms with Crippen LogP contribution in [0.5, 0.6) is 11.6 Å². The monoisotopic (exact) mass is 458 g/mol. The van der Waals surface area contributed by atoms with Crippen molar-refractivity contribution in [2.45, 2.75) is 13.8 Å². The van der Waals surface area contributed by atoms with Gasteiger partial charge in [-0.3, -0.25) is 9.36 Å². The van der Waals surface area contributed by atoms with Gasteiger partial charge in [0.25, 0.3) is 5.56 Å². The van der Waals surface area contributed by atoms with Crippen LogP contribution < -0.4 is 10.3 Å². The smallest absolute Gasteiger partial charge is 0.290 e. The zero-order valence-electron chi connectivity index (χ0n) is 18.4. The third kappa shape index (κ3) is 4.08. The minimum Gasteiger partial charge on any atom is -0.495 e. The van der Waals surface area contributed by atoms with E-state index in [0.717, 1.165) is 11.1 Å². The van der Waals surface area contributed by atoms with Gasteiger partial charge in [-0.05, 0) is 61.5 Å². The molecular formula is C25H22N4O3S. The van der Waals surface area contributed by atoms with Gasteiger partial charge in [0, 0.05) is 0 Å². The first-order chi connectivity index (χ1) is 15.9. The second-order valence-corrected chi connectivity index (χ2v) is 7.74. The van der Waals surface area contributed by atoms with Crippen LogP contribution in [0.2, 0.25) is 0 Å². The zero-order chi connectivity index (χ0) is 23.5. The molecule has 4 rings (SSSR count). The number of methoxy groups -OCH3 is 1. The molecular weight excluding hydrogens is 436 g/mol. The van der Waals surface area contributed by atoms with Gasteiger partial charge in [-0.15, -0.1) is 10.2 Å². The number of hydrogen-bond donors (Lipinski definition) is 1. The Kier molecular flexibility index (Phi) is 6.19. The molecule has 7 nitrogen and oxygen atoms in total. The van der Waals surface area contributed by atoms with Crippen molar-refractivity contribution in [2.24, 2.45) is 10.2 Å². The maximum atomic E-state index is 13.6. The number of aromatic hydroxyl groups is 1. The largest absolute Gasteiger partial charge is 0.495 e. The van der Waals surface area contributed by atoms with E-state index in [-0.39, 0.29) is 16.3 Å². The van der Waals surface area contributed by atoms with Crippen molar-refractivity contribution in [1.82, 2.24) is 9.13 Å². The van der Waals surface area contributed by atoms with Gasteiger partial charge >= 0.3 is 0 Å². The Hall–Kier alpha value is -4.04. The Morgan fingerprint density at radius 3 is 2.09 bits per heavy atom. The first-order valence-corrected chi connectivity index (χ1v) is 10.6. The van der Waals surface area contributed by atoms with Crippen LogP contribution in [0.1, 0.15) is 11.1 Å². The summed E-state index contributed by atoms with van der Waals surface area (Å²) in [7, 11) is 1.52. The average molecular weight is 459 g/mol. The molecule has 0 aliphatic heterocycles. The van der Waals surface area contributed by atoms with E-state index in [4.69, 9.17) is 17.0 Å². The van der Waals surface area contributed by atoms with Crippen molar-refractivity contribution in [3.8, 4) is 23.0 Å². The number of benzene rings is 3. The molecule has 0 bridgehead atoms. The number of aryl methyl sites for hydroxylation is 2. The fraction of sp³-hybridized carbons (Fsp3) is 0.120. The van der Waals surface area contributed by atoms with Crippen LogP contribution in [0.4, 0.5) is 11.4 Å². The van der Waals surface area contributed by atoms with Gasteiger partial charge in [-0.25, -0.2) is 4.57 Å². The van der Waals surface area contributed by atoms with Gasteiger partial charge in [-0.2, -0.15) is 0 Å². The summed E-state index contributed by atoms with van der Waals surface area (Å²) in [5.74, 6) is 0.0669. The highest BCUT2D eigenvalue weighted by molar-refractivity contribution is 7.71. The summed E-state index contributed by atoms with van der Waals surface area (Å²) in [6, 6.07) is 21.8. The van der Waals surface area contributed by atoms with Crippen LogP contribution in [0.25, 0.3) is 11.4 Å². The number of para-hydroxylation sites is 3. The summed E-state index contributed by atoms with van der Waals surface area (Å²) in [6.45, 7) is 3.78. The average Bonchev–Trinajstić information content (AvgIpc) is 2.81. The fourth-order valence-corrected chi connectivity index (χ4v) is 3.88. The normalized spacial score (nSPS) is 11.1. The third-order valence-electron chi connectivity index (χ3n) is 5.27. The van der Waals surface area contributed by atoms with Gasteiger partial charge < -0.3 is 9.84 Å². The lowest BCUT2D eigenvalue weighted by Crippen LogP contribution is -2.23. The topological polar surface area (TPSA) is 81.1 Å². The van der Waals surface area contributed by atoms with E-state index in [1.807, 2.05) is 56.3 Å². The van der Waals surface area contributed by atoms with Gasteiger partial charge in [0.15, 0.2) is 4.77 Å². The van der Waals surface area contributed by atoms with E-state index >= 15 is 0 Å². The molecule has 0 amide bonds. The molecule has 1 heterocycles. The summed E-state index contributed by atoms with van der Waals surface area (Å²) in [4.78, 5) is 13.6. The Morgan fingerprint density at radius 2 is 1.42 bits per heavy atom. The molecule has 4 aromatic rings. The van der Waals surface area contributed by atoms with Gasteiger partial charge in [0.1, 0.15) is 5.75 Å². The van der Waals surface area contributed by atoms with Crippen molar-refractivity contribution in [3.05, 3.63) is 99.0 Å². The predicted octanol–water partition coefficient (Wildman–Crippen LogP) is 6.10. The molecule has 0 atom stereocenters. The highest BCUT2D eigenvalue weighted by Crippen LogP contribution is 2.32. The SMILES string of the molecule is COc1ccccc1-n1c(=O)c(N=Nc2ccccc2C)c(O)n(-c2ccccc2C)c1=S. The molecule has 33 heavy (non-hydrogen) atoms. The molecule has 0 fully saturated rings. The maximum absolute atomic E-state index is 13.6. The molecule has 0 aliphatic rings. The van der Waals surface area contributed by atoms with E-state index in [1.165, 1.54) is 16.2 Å². The standard InChI is InChI=1S/C25H22N4O3S/c1-16-10-4-6-12-18(16)26-27-22-23(30)28(19-13-7-5-11-17(19)2)25(33)29(24(22)31)20-14-8-9-15-21(20)32-3/h4-15,30H,1-3H3. The van der Waals surface area contributed by atoms with Crippen LogP contribution in [0, 0.1) is 18.6 Å². The predicted molar refractivity (Wildman–Crippen MR) is 131 cm³/mol. The molecule has 8 heteroatoms. The first kappa shape index (κ1) is 22.2. The number of aromatic nitrogens is 2. The van der Waals surface area contributed by atoms with Gasteiger partial charge in [-0.1, -0.05) is 48.5 Å². The third-order valence-corrected chi connectivity index (χ3v) is 5.63. The van der Waals surface area contributed by atoms with Crippen LogP contribution >= 0.6 is 12.2 Å². The minimum atomic E-state index is -0.607. The van der Waals surface area contributed by atoms with Crippen LogP contribution in [0.15, 0.2) is 87.8 Å². The van der Waals surface area contributed by atoms with Crippen LogP contribution in [-0.2, 0) is 0 Å². The Balaban J connectivity index is 2.08. The molecule has 1 aromatic heterocycles. The van der Waals surface area contributed by atoms with Crippen LogP contribution in [0.3, 0.4) is 0 Å². The zero-order valence-corrected chi connectivity index (χ0v) is 19.2. The number of ether oxygens (including phenoxy) is 1. The summed E-state index contributed by atoms with van der Waals surface area (Å²) >= 11 is 5.69. The van der Waals surface area contributed by atoms with Crippen molar-refractivity contribution in [2.75, 3.05) is 7.11 Å². The molecule has 0 saturated carbocycles. The second kappa shape index (κ2) is 9.22. The molecule has 3 aromatic carbocycles. The summed E-state index contributed by atoms with van der Waals surface area (Å²) in [5.41, 5.74) is 2.55. The quantitative estimate of drug-likeness (QED) is 0.289. The van der Waals surface area contributed by atoms with E-state index in [2.05, 4.69) is 10.2 Å². The van der Waals surface area contributed by atoms with Crippen LogP contribution in [-0.4, -0.2) is 21.4 Å². The first-order valence-electron chi connectivity index (χ1n) is 10.2. The molecule has 0 saturated heterocycles. The molecule has 0 aliphatic carbocycles. The van der Waals surface area contributed by atoms with E-state index < -0.39 is 5.56 Å². The summed E-state index contributed by atoms with van der Waals surface area (Å²) in [5, 5.41) is 19.6.